The summed E-state index contributed by atoms with van der Waals surface area (Å²) < 4.78 is 5.39. The minimum atomic E-state index is -0.549. The quantitative estimate of drug-likeness (QED) is 0.540. The van der Waals surface area contributed by atoms with Crippen molar-refractivity contribution in [2.75, 3.05) is 32.8 Å². The normalized spacial score (nSPS) is 10.6. The lowest BCUT2D eigenvalue weighted by Crippen LogP contribution is -2.32. The summed E-state index contributed by atoms with van der Waals surface area (Å²) in [5, 5.41) is 10.7. The molecule has 1 aromatic rings. The fourth-order valence-electron chi connectivity index (χ4n) is 1.53. The number of rotatable bonds is 8. The number of nitrogens with two attached hydrogens (primary N) is 1. The molecule has 0 spiro atoms. The molecule has 0 atom stereocenters. The van der Waals surface area contributed by atoms with Gasteiger partial charge in [0, 0.05) is 19.6 Å². The monoisotopic (exact) mass is 254 g/mol. The van der Waals surface area contributed by atoms with Gasteiger partial charge in [-0.3, -0.25) is 4.90 Å². The van der Waals surface area contributed by atoms with E-state index in [0.29, 0.717) is 19.7 Å². The first-order valence-corrected chi connectivity index (χ1v) is 5.83. The molecule has 0 aromatic carbocycles. The maximum absolute atomic E-state index is 10.7. The summed E-state index contributed by atoms with van der Waals surface area (Å²) in [6, 6.07) is 3.16. The first-order chi connectivity index (χ1) is 8.69. The van der Waals surface area contributed by atoms with Crippen LogP contribution in [0.1, 0.15) is 6.92 Å². The summed E-state index contributed by atoms with van der Waals surface area (Å²) in [4.78, 5) is 16.0. The average Bonchev–Trinajstić information content (AvgIpc) is 2.38. The Morgan fingerprint density at radius 3 is 2.94 bits per heavy atom. The Kier molecular flexibility index (Phi) is 6.03. The van der Waals surface area contributed by atoms with Crippen molar-refractivity contribution >= 4 is 5.82 Å². The first-order valence-electron chi connectivity index (χ1n) is 5.83. The second-order valence-electron chi connectivity index (χ2n) is 3.65. The van der Waals surface area contributed by atoms with E-state index in [1.165, 1.54) is 6.20 Å². The zero-order valence-electron chi connectivity index (χ0n) is 10.4. The number of hydrogen-bond acceptors (Lipinski definition) is 6. The highest BCUT2D eigenvalue weighted by molar-refractivity contribution is 5.38. The number of aromatic nitrogens is 1. The maximum atomic E-state index is 10.7. The van der Waals surface area contributed by atoms with Crippen LogP contribution in [0.2, 0.25) is 0 Å². The number of hydrogen-bond donors (Lipinski definition) is 1. The number of pyridine rings is 1. The molecule has 1 aromatic heterocycles. The number of ether oxygens (including phenoxy) is 1. The predicted octanol–water partition coefficient (Wildman–Crippen LogP) is 0.649. The van der Waals surface area contributed by atoms with Gasteiger partial charge in [-0.2, -0.15) is 0 Å². The van der Waals surface area contributed by atoms with E-state index in [0.717, 1.165) is 13.1 Å². The molecule has 0 unspecified atom stereocenters. The van der Waals surface area contributed by atoms with E-state index in [1.807, 2.05) is 6.92 Å². The molecule has 0 fully saturated rings. The van der Waals surface area contributed by atoms with Crippen molar-refractivity contribution in [1.29, 1.82) is 0 Å². The van der Waals surface area contributed by atoms with E-state index < -0.39 is 4.92 Å². The first kappa shape index (κ1) is 14.3. The van der Waals surface area contributed by atoms with E-state index in [9.17, 15) is 10.1 Å². The SMILES string of the molecule is CCN(CCN)CCOc1cccnc1[N+](=O)[O-]. The molecule has 0 aliphatic rings. The van der Waals surface area contributed by atoms with Crippen LogP contribution in [0.4, 0.5) is 5.82 Å². The molecule has 1 rings (SSSR count). The van der Waals surface area contributed by atoms with E-state index in [1.54, 1.807) is 12.1 Å². The van der Waals surface area contributed by atoms with Gasteiger partial charge >= 0.3 is 5.82 Å². The van der Waals surface area contributed by atoms with Crippen LogP contribution in [0.3, 0.4) is 0 Å². The number of nitrogens with zero attached hydrogens (tertiary/aromatic N) is 3. The highest BCUT2D eigenvalue weighted by Gasteiger charge is 2.15. The van der Waals surface area contributed by atoms with Crippen molar-refractivity contribution in [3.8, 4) is 5.75 Å². The summed E-state index contributed by atoms with van der Waals surface area (Å²) in [6.45, 7) is 5.33. The lowest BCUT2D eigenvalue weighted by Gasteiger charge is -2.19. The molecule has 1 heterocycles. The third-order valence-corrected chi connectivity index (χ3v) is 2.48. The molecule has 0 radical (unpaired) electrons. The summed E-state index contributed by atoms with van der Waals surface area (Å²) in [5.74, 6) is -0.0503. The summed E-state index contributed by atoms with van der Waals surface area (Å²) in [7, 11) is 0. The Morgan fingerprint density at radius 1 is 1.56 bits per heavy atom. The van der Waals surface area contributed by atoms with E-state index >= 15 is 0 Å². The fourth-order valence-corrected chi connectivity index (χ4v) is 1.53. The topological polar surface area (TPSA) is 94.5 Å². The van der Waals surface area contributed by atoms with Gasteiger partial charge in [-0.05, 0) is 28.6 Å². The Hall–Kier alpha value is -1.73. The molecule has 0 aliphatic carbocycles. The average molecular weight is 254 g/mol. The molecular weight excluding hydrogens is 236 g/mol. The van der Waals surface area contributed by atoms with Gasteiger partial charge in [-0.15, -0.1) is 0 Å². The molecule has 0 bridgehead atoms. The van der Waals surface area contributed by atoms with Gasteiger partial charge < -0.3 is 20.6 Å². The lowest BCUT2D eigenvalue weighted by molar-refractivity contribution is -0.390. The van der Waals surface area contributed by atoms with E-state index in [-0.39, 0.29) is 11.6 Å². The predicted molar refractivity (Wildman–Crippen MR) is 67.6 cm³/mol. The Balaban J connectivity index is 2.50. The molecule has 2 N–H and O–H groups in total. The largest absolute Gasteiger partial charge is 0.484 e. The standard InChI is InChI=1S/C11H18N4O3/c1-2-14(7-5-12)8-9-18-10-4-3-6-13-11(10)15(16)17/h3-4,6H,2,5,7-9,12H2,1H3. The van der Waals surface area contributed by atoms with Gasteiger partial charge in [0.15, 0.2) is 0 Å². The van der Waals surface area contributed by atoms with Gasteiger partial charge in [0.1, 0.15) is 12.8 Å². The van der Waals surface area contributed by atoms with Gasteiger partial charge in [-0.1, -0.05) is 6.92 Å². The van der Waals surface area contributed by atoms with Crippen LogP contribution in [0.15, 0.2) is 18.3 Å². The Labute approximate surface area is 106 Å². The third kappa shape index (κ3) is 4.27. The summed E-state index contributed by atoms with van der Waals surface area (Å²) in [6.07, 6.45) is 1.37. The maximum Gasteiger partial charge on any atom is 0.406 e. The van der Waals surface area contributed by atoms with Gasteiger partial charge in [0.25, 0.3) is 0 Å². The number of nitro groups is 1. The van der Waals surface area contributed by atoms with Gasteiger partial charge in [0.2, 0.25) is 5.75 Å². The molecule has 0 amide bonds. The van der Waals surface area contributed by atoms with Crippen LogP contribution in [0.25, 0.3) is 0 Å². The van der Waals surface area contributed by atoms with Crippen molar-refractivity contribution in [1.82, 2.24) is 9.88 Å². The van der Waals surface area contributed by atoms with Crippen molar-refractivity contribution in [2.45, 2.75) is 6.92 Å². The van der Waals surface area contributed by atoms with Crippen LogP contribution in [0, 0.1) is 10.1 Å². The Morgan fingerprint density at radius 2 is 2.33 bits per heavy atom. The lowest BCUT2D eigenvalue weighted by atomic mass is 10.4. The van der Waals surface area contributed by atoms with Crippen molar-refractivity contribution in [3.63, 3.8) is 0 Å². The summed E-state index contributed by atoms with van der Waals surface area (Å²) in [5.41, 5.74) is 5.47. The molecular formula is C11H18N4O3. The summed E-state index contributed by atoms with van der Waals surface area (Å²) >= 11 is 0. The highest BCUT2D eigenvalue weighted by atomic mass is 16.6. The zero-order valence-corrected chi connectivity index (χ0v) is 10.4. The van der Waals surface area contributed by atoms with E-state index in [2.05, 4.69) is 9.88 Å². The van der Waals surface area contributed by atoms with Crippen molar-refractivity contribution < 1.29 is 9.66 Å². The van der Waals surface area contributed by atoms with Crippen molar-refractivity contribution in [3.05, 3.63) is 28.4 Å². The molecule has 7 heteroatoms. The van der Waals surface area contributed by atoms with Crippen LogP contribution >= 0.6 is 0 Å². The highest BCUT2D eigenvalue weighted by Crippen LogP contribution is 2.22. The smallest absolute Gasteiger partial charge is 0.406 e. The second-order valence-corrected chi connectivity index (χ2v) is 3.65. The van der Waals surface area contributed by atoms with Crippen molar-refractivity contribution in [2.24, 2.45) is 5.73 Å². The van der Waals surface area contributed by atoms with E-state index in [4.69, 9.17) is 10.5 Å². The Bertz CT molecular complexity index is 386. The molecule has 0 saturated carbocycles. The zero-order chi connectivity index (χ0) is 13.4. The number of likely N-dealkylation sites (N-methyl/N-ethyl adjacent to an activating group) is 1. The molecule has 100 valence electrons. The van der Waals surface area contributed by atoms with Gasteiger partial charge in [0.05, 0.1) is 0 Å². The van der Waals surface area contributed by atoms with Crippen LogP contribution in [0.5, 0.6) is 5.75 Å². The van der Waals surface area contributed by atoms with Crippen LogP contribution in [-0.2, 0) is 0 Å². The molecule has 0 saturated heterocycles. The third-order valence-electron chi connectivity index (χ3n) is 2.48. The minimum Gasteiger partial charge on any atom is -0.484 e. The van der Waals surface area contributed by atoms with Gasteiger partial charge in [-0.25, -0.2) is 0 Å². The molecule has 18 heavy (non-hydrogen) atoms. The fraction of sp³-hybridized carbons (Fsp3) is 0.545. The second kappa shape index (κ2) is 7.57. The molecule has 0 aliphatic heterocycles. The van der Waals surface area contributed by atoms with Crippen LogP contribution in [-0.4, -0.2) is 47.6 Å². The molecule has 7 nitrogen and oxygen atoms in total. The minimum absolute atomic E-state index is 0.200. The van der Waals surface area contributed by atoms with Crippen LogP contribution < -0.4 is 10.5 Å².